The fraction of sp³-hybridized carbons (Fsp3) is 0.667. The number of rotatable bonds is 3. The highest BCUT2D eigenvalue weighted by molar-refractivity contribution is 7.09. The lowest BCUT2D eigenvalue weighted by Gasteiger charge is -2.34. The van der Waals surface area contributed by atoms with Crippen LogP contribution in [0.5, 0.6) is 0 Å². The number of fused-ring (bicyclic) bond motifs is 1. The molecule has 0 radical (unpaired) electrons. The van der Waals surface area contributed by atoms with Crippen LogP contribution in [0.1, 0.15) is 71.5 Å². The maximum absolute atomic E-state index is 13.2. The Kier molecular flexibility index (Phi) is 8.94. The van der Waals surface area contributed by atoms with E-state index in [0.717, 1.165) is 5.57 Å². The molecule has 2 unspecified atom stereocenters. The number of carbonyl (C=O) groups is 2. The number of aliphatic hydroxyl groups is 3. The Balaban J connectivity index is 1.89. The van der Waals surface area contributed by atoms with Crippen LogP contribution in [0.4, 0.5) is 0 Å². The average molecular weight is 522 g/mol. The summed E-state index contributed by atoms with van der Waals surface area (Å²) in [6, 6.07) is 0. The van der Waals surface area contributed by atoms with Gasteiger partial charge in [-0.2, -0.15) is 0 Å². The van der Waals surface area contributed by atoms with E-state index in [1.807, 2.05) is 44.4 Å². The van der Waals surface area contributed by atoms with Gasteiger partial charge in [-0.05, 0) is 31.9 Å². The van der Waals surface area contributed by atoms with Crippen molar-refractivity contribution >= 4 is 29.2 Å². The highest BCUT2D eigenvalue weighted by Crippen LogP contribution is 2.44. The molecule has 2 aliphatic rings. The van der Waals surface area contributed by atoms with Gasteiger partial charge in [0.25, 0.3) is 0 Å². The van der Waals surface area contributed by atoms with Gasteiger partial charge in [-0.3, -0.25) is 9.59 Å². The molecule has 200 valence electrons. The molecule has 1 aromatic heterocycles. The van der Waals surface area contributed by atoms with Gasteiger partial charge in [0, 0.05) is 23.6 Å². The van der Waals surface area contributed by atoms with E-state index in [9.17, 15) is 24.9 Å². The van der Waals surface area contributed by atoms with Crippen LogP contribution in [-0.2, 0) is 25.7 Å². The van der Waals surface area contributed by atoms with Crippen molar-refractivity contribution in [3.05, 3.63) is 33.8 Å². The molecule has 0 spiro atoms. The lowest BCUT2D eigenvalue weighted by Crippen LogP contribution is -2.45. The summed E-state index contributed by atoms with van der Waals surface area (Å²) in [7, 11) is 0. The molecule has 1 saturated heterocycles. The minimum Gasteiger partial charge on any atom is -0.458 e. The number of ketones is 1. The van der Waals surface area contributed by atoms with E-state index in [0.29, 0.717) is 23.5 Å². The molecule has 0 aromatic carbocycles. The molecule has 8 nitrogen and oxygen atoms in total. The van der Waals surface area contributed by atoms with E-state index in [-0.39, 0.29) is 30.8 Å². The number of aliphatic hydroxyl groups excluding tert-OH is 3. The summed E-state index contributed by atoms with van der Waals surface area (Å²) < 4.78 is 11.8. The lowest BCUT2D eigenvalue weighted by molar-refractivity contribution is -0.154. The molecule has 9 heteroatoms. The molecule has 0 saturated carbocycles. The Hall–Kier alpha value is -1.91. The predicted octanol–water partition coefficient (Wildman–Crippen LogP) is 3.44. The number of ether oxygens (including phenoxy) is 2. The largest absolute Gasteiger partial charge is 0.458 e. The van der Waals surface area contributed by atoms with Gasteiger partial charge in [0.1, 0.15) is 16.9 Å². The number of hydrogen-bond acceptors (Lipinski definition) is 9. The van der Waals surface area contributed by atoms with Crippen molar-refractivity contribution in [1.82, 2.24) is 4.98 Å². The molecule has 3 heterocycles. The minimum atomic E-state index is -1.27. The standard InChI is InChI=1S/C27H39NO7S/c1-15-8-7-9-27(6)21(35-27)11-19(16(2)10-18-14-36-22(13-29)28-18)34-23(31)12-20(30)26(4,5)25(33)17(3)24(15)32/h7-8,10,14-15,17,19-21,24,29-30,32H,9,11-13H2,1-6H3/t15-,17+,19-,20-,21?,24-,27?/m0/s1. The minimum absolute atomic E-state index is 0.137. The molecule has 1 fully saturated rings. The second-order valence-electron chi connectivity index (χ2n) is 10.9. The molecule has 0 amide bonds. The number of aromatic nitrogens is 1. The number of hydrogen-bond donors (Lipinski definition) is 3. The second kappa shape index (κ2) is 11.2. The molecule has 1 aromatic rings. The first-order chi connectivity index (χ1) is 16.8. The summed E-state index contributed by atoms with van der Waals surface area (Å²) in [5.41, 5.74) is -0.236. The van der Waals surface area contributed by atoms with E-state index in [4.69, 9.17) is 9.47 Å². The van der Waals surface area contributed by atoms with Gasteiger partial charge in [-0.15, -0.1) is 11.3 Å². The van der Waals surface area contributed by atoms with Crippen molar-refractivity contribution < 1.29 is 34.4 Å². The van der Waals surface area contributed by atoms with Crippen LogP contribution in [0.2, 0.25) is 0 Å². The van der Waals surface area contributed by atoms with E-state index >= 15 is 0 Å². The summed E-state index contributed by atoms with van der Waals surface area (Å²) in [4.78, 5) is 30.5. The molecule has 2 aliphatic heterocycles. The number of Topliss-reactive ketones (excluding diaryl/α,β-unsaturated/α-hetero) is 1. The molecule has 0 aliphatic carbocycles. The van der Waals surface area contributed by atoms with Crippen molar-refractivity contribution in [2.75, 3.05) is 0 Å². The summed E-state index contributed by atoms with van der Waals surface area (Å²) in [5.74, 6) is -1.92. The van der Waals surface area contributed by atoms with Gasteiger partial charge in [-0.25, -0.2) is 4.98 Å². The zero-order valence-corrected chi connectivity index (χ0v) is 22.7. The van der Waals surface area contributed by atoms with Crippen LogP contribution in [-0.4, -0.2) is 62.1 Å². The first-order valence-corrected chi connectivity index (χ1v) is 13.3. The smallest absolute Gasteiger partial charge is 0.309 e. The predicted molar refractivity (Wildman–Crippen MR) is 137 cm³/mol. The highest BCUT2D eigenvalue weighted by Gasteiger charge is 2.52. The summed E-state index contributed by atoms with van der Waals surface area (Å²) in [6.45, 7) is 10.4. The van der Waals surface area contributed by atoms with Crippen LogP contribution in [0.25, 0.3) is 6.08 Å². The van der Waals surface area contributed by atoms with Crippen molar-refractivity contribution in [2.45, 2.75) is 97.4 Å². The lowest BCUT2D eigenvalue weighted by atomic mass is 9.73. The fourth-order valence-electron chi connectivity index (χ4n) is 4.69. The summed E-state index contributed by atoms with van der Waals surface area (Å²) >= 11 is 1.35. The maximum Gasteiger partial charge on any atom is 0.309 e. The third kappa shape index (κ3) is 6.50. The monoisotopic (exact) mass is 521 g/mol. The van der Waals surface area contributed by atoms with E-state index in [1.165, 1.54) is 11.3 Å². The van der Waals surface area contributed by atoms with Crippen LogP contribution in [0, 0.1) is 17.3 Å². The van der Waals surface area contributed by atoms with Crippen LogP contribution >= 0.6 is 11.3 Å². The number of epoxide rings is 1. The van der Waals surface area contributed by atoms with Crippen molar-refractivity contribution in [1.29, 1.82) is 0 Å². The quantitative estimate of drug-likeness (QED) is 0.313. The number of cyclic esters (lactones) is 1. The fourth-order valence-corrected chi connectivity index (χ4v) is 5.30. The van der Waals surface area contributed by atoms with Crippen molar-refractivity contribution in [3.63, 3.8) is 0 Å². The van der Waals surface area contributed by atoms with Gasteiger partial charge < -0.3 is 24.8 Å². The van der Waals surface area contributed by atoms with Crippen LogP contribution in [0.15, 0.2) is 23.1 Å². The van der Waals surface area contributed by atoms with E-state index < -0.39 is 41.2 Å². The molecule has 36 heavy (non-hydrogen) atoms. The van der Waals surface area contributed by atoms with Gasteiger partial charge in [0.05, 0.1) is 48.0 Å². The Labute approximate surface area is 217 Å². The summed E-state index contributed by atoms with van der Waals surface area (Å²) in [6.07, 6.45) is 3.45. The molecular formula is C27H39NO7S. The summed E-state index contributed by atoms with van der Waals surface area (Å²) in [5, 5.41) is 33.4. The number of nitrogens with zero attached hydrogens (tertiary/aromatic N) is 1. The Bertz CT molecular complexity index is 1020. The zero-order chi connectivity index (χ0) is 26.8. The zero-order valence-electron chi connectivity index (χ0n) is 21.9. The first-order valence-electron chi connectivity index (χ1n) is 12.5. The maximum atomic E-state index is 13.2. The van der Waals surface area contributed by atoms with Crippen LogP contribution in [0.3, 0.4) is 0 Å². The molecular weight excluding hydrogens is 482 g/mol. The number of esters is 1. The normalized spacial score (nSPS) is 36.3. The first kappa shape index (κ1) is 28.7. The van der Waals surface area contributed by atoms with Crippen molar-refractivity contribution in [3.8, 4) is 0 Å². The molecule has 0 bridgehead atoms. The van der Waals surface area contributed by atoms with E-state index in [2.05, 4.69) is 4.98 Å². The topological polar surface area (TPSA) is 129 Å². The molecule has 3 N–H and O–H groups in total. The second-order valence-corrected chi connectivity index (χ2v) is 11.9. The number of thiazole rings is 1. The Morgan fingerprint density at radius 3 is 2.58 bits per heavy atom. The Morgan fingerprint density at radius 2 is 1.94 bits per heavy atom. The van der Waals surface area contributed by atoms with Gasteiger partial charge >= 0.3 is 5.97 Å². The third-order valence-electron chi connectivity index (χ3n) is 7.58. The van der Waals surface area contributed by atoms with Crippen LogP contribution < -0.4 is 0 Å². The third-order valence-corrected chi connectivity index (χ3v) is 8.43. The molecule has 3 rings (SSSR count). The van der Waals surface area contributed by atoms with Crippen molar-refractivity contribution in [2.24, 2.45) is 17.3 Å². The van der Waals surface area contributed by atoms with Gasteiger partial charge in [0.15, 0.2) is 0 Å². The van der Waals surface area contributed by atoms with Gasteiger partial charge in [0.2, 0.25) is 0 Å². The number of carbonyl (C=O) groups excluding carboxylic acids is 2. The average Bonchev–Trinajstić information content (AvgIpc) is 3.23. The molecule has 7 atom stereocenters. The SMILES string of the molecule is CC(=Cc1csc(CO)n1)[C@@H]1CC2OC2(C)CC=C[C@H](C)[C@H](O)[C@@H](C)C(=O)C(C)(C)[C@@H](O)CC(=O)O1. The Morgan fingerprint density at radius 1 is 1.25 bits per heavy atom. The van der Waals surface area contributed by atoms with Gasteiger partial charge in [-0.1, -0.05) is 39.8 Å². The highest BCUT2D eigenvalue weighted by atomic mass is 32.1. The van der Waals surface area contributed by atoms with E-state index in [1.54, 1.807) is 20.8 Å².